The van der Waals surface area contributed by atoms with Gasteiger partial charge in [-0.3, -0.25) is 4.79 Å². The zero-order chi connectivity index (χ0) is 19.7. The minimum Gasteiger partial charge on any atom is -0.378 e. The number of fused-ring (bicyclic) bond motifs is 1. The van der Waals surface area contributed by atoms with Crippen LogP contribution in [0.1, 0.15) is 27.2 Å². The maximum Gasteiger partial charge on any atom is 0.253 e. The first-order valence-corrected chi connectivity index (χ1v) is 9.79. The molecule has 5 heteroatoms. The van der Waals surface area contributed by atoms with Gasteiger partial charge in [0.1, 0.15) is 0 Å². The molecule has 0 unspecified atom stereocenters. The van der Waals surface area contributed by atoms with Gasteiger partial charge in [-0.05, 0) is 55.3 Å². The molecule has 0 saturated carbocycles. The fraction of sp³-hybridized carbons (Fsp3) is 0.348. The molecule has 2 aromatic carbocycles. The van der Waals surface area contributed by atoms with E-state index in [2.05, 4.69) is 48.0 Å². The van der Waals surface area contributed by atoms with Crippen LogP contribution in [0, 0.1) is 13.8 Å². The van der Waals surface area contributed by atoms with Crippen molar-refractivity contribution in [1.29, 1.82) is 0 Å². The highest BCUT2D eigenvalue weighted by Crippen LogP contribution is 2.23. The molecule has 0 bridgehead atoms. The van der Waals surface area contributed by atoms with E-state index in [1.807, 2.05) is 25.2 Å². The van der Waals surface area contributed by atoms with E-state index in [1.165, 1.54) is 11.3 Å². The number of amides is 1. The lowest BCUT2D eigenvalue weighted by Crippen LogP contribution is -2.36. The SMILES string of the molecule is Cc1[nH]c2ccc(C(=O)N(C)Cc3ccc(N4CCOCC4)cc3)cc2c1C. The Morgan fingerprint density at radius 1 is 1.11 bits per heavy atom. The Kier molecular flexibility index (Phi) is 5.09. The Labute approximate surface area is 165 Å². The number of anilines is 1. The Morgan fingerprint density at radius 3 is 2.54 bits per heavy atom. The maximum absolute atomic E-state index is 12.9. The summed E-state index contributed by atoms with van der Waals surface area (Å²) in [6.07, 6.45) is 0. The van der Waals surface area contributed by atoms with E-state index < -0.39 is 0 Å². The molecule has 5 nitrogen and oxygen atoms in total. The minimum atomic E-state index is 0.0393. The second-order valence-electron chi connectivity index (χ2n) is 7.56. The van der Waals surface area contributed by atoms with Crippen molar-refractivity contribution in [3.8, 4) is 0 Å². The first-order valence-electron chi connectivity index (χ1n) is 9.79. The summed E-state index contributed by atoms with van der Waals surface area (Å²) in [6, 6.07) is 14.4. The number of nitrogens with one attached hydrogen (secondary N) is 1. The highest BCUT2D eigenvalue weighted by atomic mass is 16.5. The smallest absolute Gasteiger partial charge is 0.253 e. The number of carbonyl (C=O) groups excluding carboxylic acids is 1. The summed E-state index contributed by atoms with van der Waals surface area (Å²) in [4.78, 5) is 20.4. The van der Waals surface area contributed by atoms with E-state index in [1.54, 1.807) is 4.90 Å². The van der Waals surface area contributed by atoms with Gasteiger partial charge in [-0.15, -0.1) is 0 Å². The second kappa shape index (κ2) is 7.68. The van der Waals surface area contributed by atoms with Crippen LogP contribution in [0.5, 0.6) is 0 Å². The number of H-pyrrole nitrogens is 1. The molecule has 1 saturated heterocycles. The number of aromatic amines is 1. The van der Waals surface area contributed by atoms with Gasteiger partial charge in [-0.1, -0.05) is 12.1 Å². The van der Waals surface area contributed by atoms with E-state index in [9.17, 15) is 4.79 Å². The van der Waals surface area contributed by atoms with Gasteiger partial charge in [0.2, 0.25) is 0 Å². The third-order valence-electron chi connectivity index (χ3n) is 5.63. The fourth-order valence-electron chi connectivity index (χ4n) is 3.79. The van der Waals surface area contributed by atoms with Crippen LogP contribution < -0.4 is 4.90 Å². The molecule has 4 rings (SSSR count). The normalized spacial score (nSPS) is 14.5. The molecule has 0 aliphatic carbocycles. The molecule has 3 aromatic rings. The van der Waals surface area contributed by atoms with Gasteiger partial charge in [0.05, 0.1) is 13.2 Å². The van der Waals surface area contributed by atoms with Crippen molar-refractivity contribution in [2.45, 2.75) is 20.4 Å². The Hall–Kier alpha value is -2.79. The molecule has 1 aliphatic heterocycles. The molecule has 0 atom stereocenters. The summed E-state index contributed by atoms with van der Waals surface area (Å²) in [5, 5.41) is 1.12. The van der Waals surface area contributed by atoms with Crippen LogP contribution in [-0.4, -0.2) is 49.1 Å². The van der Waals surface area contributed by atoms with Crippen molar-refractivity contribution in [3.63, 3.8) is 0 Å². The van der Waals surface area contributed by atoms with Gasteiger partial charge >= 0.3 is 0 Å². The highest BCUT2D eigenvalue weighted by Gasteiger charge is 2.15. The maximum atomic E-state index is 12.9. The number of hydrogen-bond donors (Lipinski definition) is 1. The van der Waals surface area contributed by atoms with Gasteiger partial charge in [0, 0.05) is 54.5 Å². The second-order valence-corrected chi connectivity index (χ2v) is 7.56. The van der Waals surface area contributed by atoms with Crippen molar-refractivity contribution < 1.29 is 9.53 Å². The van der Waals surface area contributed by atoms with Crippen LogP contribution in [0.25, 0.3) is 10.9 Å². The fourth-order valence-corrected chi connectivity index (χ4v) is 3.79. The first kappa shape index (κ1) is 18.6. The quantitative estimate of drug-likeness (QED) is 0.750. The minimum absolute atomic E-state index is 0.0393. The van der Waals surface area contributed by atoms with Crippen LogP contribution >= 0.6 is 0 Å². The van der Waals surface area contributed by atoms with Gasteiger partial charge in [0.15, 0.2) is 0 Å². The topological polar surface area (TPSA) is 48.6 Å². The van der Waals surface area contributed by atoms with E-state index in [-0.39, 0.29) is 5.91 Å². The van der Waals surface area contributed by atoms with Crippen LogP contribution in [0.2, 0.25) is 0 Å². The number of aryl methyl sites for hydroxylation is 2. The summed E-state index contributed by atoms with van der Waals surface area (Å²) in [6.45, 7) is 8.15. The van der Waals surface area contributed by atoms with Crippen LogP contribution in [0.15, 0.2) is 42.5 Å². The number of ether oxygens (including phenoxy) is 1. The van der Waals surface area contributed by atoms with Crippen molar-refractivity contribution in [3.05, 3.63) is 64.8 Å². The molecule has 1 N–H and O–H groups in total. The molecule has 1 aromatic heterocycles. The van der Waals surface area contributed by atoms with E-state index in [0.717, 1.165) is 54.0 Å². The van der Waals surface area contributed by atoms with E-state index >= 15 is 0 Å². The molecule has 2 heterocycles. The van der Waals surface area contributed by atoms with Crippen molar-refractivity contribution in [2.24, 2.45) is 0 Å². The molecule has 146 valence electrons. The summed E-state index contributed by atoms with van der Waals surface area (Å²) in [7, 11) is 1.86. The lowest BCUT2D eigenvalue weighted by Gasteiger charge is -2.29. The Bertz CT molecular complexity index is 985. The zero-order valence-electron chi connectivity index (χ0n) is 16.8. The number of nitrogens with zero attached hydrogens (tertiary/aromatic N) is 2. The Balaban J connectivity index is 1.46. The molecule has 1 aliphatic rings. The number of carbonyl (C=O) groups is 1. The number of benzene rings is 2. The molecule has 0 radical (unpaired) electrons. The monoisotopic (exact) mass is 377 g/mol. The summed E-state index contributed by atoms with van der Waals surface area (Å²) >= 11 is 0. The molecule has 0 spiro atoms. The molecule has 1 amide bonds. The number of hydrogen-bond acceptors (Lipinski definition) is 3. The van der Waals surface area contributed by atoms with Crippen molar-refractivity contribution >= 4 is 22.5 Å². The average Bonchev–Trinajstić information content (AvgIpc) is 3.02. The number of morpholine rings is 1. The van der Waals surface area contributed by atoms with Gasteiger partial charge in [0.25, 0.3) is 5.91 Å². The van der Waals surface area contributed by atoms with E-state index in [0.29, 0.717) is 6.54 Å². The number of rotatable bonds is 4. The predicted octanol–water partition coefficient (Wildman–Crippen LogP) is 3.89. The zero-order valence-corrected chi connectivity index (χ0v) is 16.8. The van der Waals surface area contributed by atoms with Crippen molar-refractivity contribution in [2.75, 3.05) is 38.3 Å². The van der Waals surface area contributed by atoms with Gasteiger partial charge < -0.3 is 19.5 Å². The predicted molar refractivity (Wildman–Crippen MR) is 113 cm³/mol. The molecule has 1 fully saturated rings. The van der Waals surface area contributed by atoms with Crippen molar-refractivity contribution in [1.82, 2.24) is 9.88 Å². The Morgan fingerprint density at radius 2 is 1.82 bits per heavy atom. The number of aromatic nitrogens is 1. The lowest BCUT2D eigenvalue weighted by atomic mass is 10.1. The molecular formula is C23H27N3O2. The standard InChI is InChI=1S/C23H27N3O2/c1-16-17(2)24-22-9-6-19(14-21(16)22)23(27)25(3)15-18-4-7-20(8-5-18)26-10-12-28-13-11-26/h4-9,14,24H,10-13,15H2,1-3H3. The van der Waals surface area contributed by atoms with Crippen LogP contribution in [-0.2, 0) is 11.3 Å². The third kappa shape index (κ3) is 3.62. The third-order valence-corrected chi connectivity index (χ3v) is 5.63. The largest absolute Gasteiger partial charge is 0.378 e. The van der Waals surface area contributed by atoms with Gasteiger partial charge in [-0.2, -0.15) is 0 Å². The highest BCUT2D eigenvalue weighted by molar-refractivity contribution is 5.98. The van der Waals surface area contributed by atoms with E-state index in [4.69, 9.17) is 4.74 Å². The lowest BCUT2D eigenvalue weighted by molar-refractivity contribution is 0.0785. The van der Waals surface area contributed by atoms with Crippen LogP contribution in [0.4, 0.5) is 5.69 Å². The molecular weight excluding hydrogens is 350 g/mol. The van der Waals surface area contributed by atoms with Crippen LogP contribution in [0.3, 0.4) is 0 Å². The first-order chi connectivity index (χ1) is 13.5. The molecule has 28 heavy (non-hydrogen) atoms. The summed E-state index contributed by atoms with van der Waals surface area (Å²) in [5.41, 5.74) is 6.49. The van der Waals surface area contributed by atoms with Gasteiger partial charge in [-0.25, -0.2) is 0 Å². The summed E-state index contributed by atoms with van der Waals surface area (Å²) in [5.74, 6) is 0.0393. The average molecular weight is 377 g/mol. The summed E-state index contributed by atoms with van der Waals surface area (Å²) < 4.78 is 5.41.